The molecular formula is C15H16N2OS. The highest BCUT2D eigenvalue weighted by Crippen LogP contribution is 2.26. The fraction of sp³-hybridized carbons (Fsp3) is 0.267. The molecule has 2 heterocycles. The molecule has 4 heteroatoms. The van der Waals surface area contributed by atoms with E-state index in [0.717, 1.165) is 23.4 Å². The van der Waals surface area contributed by atoms with Crippen LogP contribution in [0.5, 0.6) is 0 Å². The van der Waals surface area contributed by atoms with Crippen molar-refractivity contribution < 1.29 is 4.42 Å². The van der Waals surface area contributed by atoms with Crippen molar-refractivity contribution >= 4 is 22.4 Å². The summed E-state index contributed by atoms with van der Waals surface area (Å²) in [5, 5.41) is 3.33. The Labute approximate surface area is 116 Å². The van der Waals surface area contributed by atoms with Gasteiger partial charge in [0.25, 0.3) is 0 Å². The second-order valence-corrected chi connectivity index (χ2v) is 5.89. The highest BCUT2D eigenvalue weighted by atomic mass is 32.1. The number of thiophene rings is 1. The molecular weight excluding hydrogens is 256 g/mol. The Hall–Kier alpha value is -1.65. The predicted molar refractivity (Wildman–Crippen MR) is 78.6 cm³/mol. The molecule has 1 unspecified atom stereocenters. The smallest absolute Gasteiger partial charge is 0.197 e. The van der Waals surface area contributed by atoms with E-state index >= 15 is 0 Å². The summed E-state index contributed by atoms with van der Waals surface area (Å²) < 4.78 is 5.78. The van der Waals surface area contributed by atoms with Crippen LogP contribution in [-0.4, -0.2) is 12.0 Å². The van der Waals surface area contributed by atoms with Gasteiger partial charge in [0.05, 0.1) is 0 Å². The highest BCUT2D eigenvalue weighted by molar-refractivity contribution is 7.12. The molecule has 0 amide bonds. The highest BCUT2D eigenvalue weighted by Gasteiger charge is 2.15. The van der Waals surface area contributed by atoms with Crippen LogP contribution in [0, 0.1) is 6.92 Å². The molecule has 2 aromatic heterocycles. The minimum Gasteiger partial charge on any atom is -0.441 e. The lowest BCUT2D eigenvalue weighted by Crippen LogP contribution is -2.17. The first-order valence-electron chi connectivity index (χ1n) is 6.34. The summed E-state index contributed by atoms with van der Waals surface area (Å²) in [7, 11) is 1.97. The number of likely N-dealkylation sites (N-methyl/N-ethyl adjacent to an activating group) is 1. The van der Waals surface area contributed by atoms with E-state index in [4.69, 9.17) is 4.42 Å². The number of para-hydroxylation sites is 2. The third kappa shape index (κ3) is 2.55. The normalized spacial score (nSPS) is 12.9. The number of benzene rings is 1. The predicted octanol–water partition coefficient (Wildman–Crippen LogP) is 3.70. The van der Waals surface area contributed by atoms with Crippen LogP contribution < -0.4 is 5.32 Å². The van der Waals surface area contributed by atoms with Gasteiger partial charge in [0.2, 0.25) is 0 Å². The molecule has 0 radical (unpaired) electrons. The topological polar surface area (TPSA) is 38.1 Å². The minimum atomic E-state index is 0.256. The standard InChI is InChI=1S/C15H16N2OS/c1-10-7-8-14(19-10)12(16-2)9-15-17-11-5-3-4-6-13(11)18-15/h3-8,12,16H,9H2,1-2H3. The maximum Gasteiger partial charge on any atom is 0.197 e. The summed E-state index contributed by atoms with van der Waals surface area (Å²) in [6.07, 6.45) is 0.769. The Bertz CT molecular complexity index is 653. The first-order chi connectivity index (χ1) is 9.26. The maximum atomic E-state index is 5.78. The number of nitrogens with zero attached hydrogens (tertiary/aromatic N) is 1. The van der Waals surface area contributed by atoms with Gasteiger partial charge < -0.3 is 9.73 Å². The van der Waals surface area contributed by atoms with E-state index in [0.29, 0.717) is 0 Å². The molecule has 3 nitrogen and oxygen atoms in total. The zero-order valence-corrected chi connectivity index (χ0v) is 11.8. The third-order valence-electron chi connectivity index (χ3n) is 3.17. The average molecular weight is 272 g/mol. The fourth-order valence-corrected chi connectivity index (χ4v) is 3.15. The van der Waals surface area contributed by atoms with Crippen LogP contribution in [0.15, 0.2) is 40.8 Å². The van der Waals surface area contributed by atoms with Crippen molar-refractivity contribution in [2.45, 2.75) is 19.4 Å². The van der Waals surface area contributed by atoms with Crippen molar-refractivity contribution in [3.63, 3.8) is 0 Å². The van der Waals surface area contributed by atoms with Crippen LogP contribution in [0.1, 0.15) is 21.7 Å². The van der Waals surface area contributed by atoms with E-state index in [1.165, 1.54) is 9.75 Å². The third-order valence-corrected chi connectivity index (χ3v) is 4.28. The largest absolute Gasteiger partial charge is 0.441 e. The number of rotatable bonds is 4. The molecule has 0 spiro atoms. The second-order valence-electron chi connectivity index (χ2n) is 4.57. The van der Waals surface area contributed by atoms with Gasteiger partial charge in [0, 0.05) is 22.2 Å². The quantitative estimate of drug-likeness (QED) is 0.787. The number of aromatic nitrogens is 1. The lowest BCUT2D eigenvalue weighted by Gasteiger charge is -2.11. The maximum absolute atomic E-state index is 5.78. The van der Waals surface area contributed by atoms with Gasteiger partial charge in [-0.2, -0.15) is 0 Å². The number of nitrogens with one attached hydrogen (secondary N) is 1. The number of fused-ring (bicyclic) bond motifs is 1. The molecule has 1 atom stereocenters. The van der Waals surface area contributed by atoms with Gasteiger partial charge in [-0.1, -0.05) is 12.1 Å². The van der Waals surface area contributed by atoms with Crippen LogP contribution >= 0.6 is 11.3 Å². The summed E-state index contributed by atoms with van der Waals surface area (Å²) in [6.45, 7) is 2.13. The summed E-state index contributed by atoms with van der Waals surface area (Å²) in [6, 6.07) is 12.5. The minimum absolute atomic E-state index is 0.256. The molecule has 0 aliphatic rings. The first-order valence-corrected chi connectivity index (χ1v) is 7.16. The van der Waals surface area contributed by atoms with E-state index in [1.54, 1.807) is 0 Å². The van der Waals surface area contributed by atoms with Crippen molar-refractivity contribution in [1.82, 2.24) is 10.3 Å². The molecule has 0 aliphatic carbocycles. The van der Waals surface area contributed by atoms with E-state index in [9.17, 15) is 0 Å². The molecule has 1 aromatic carbocycles. The van der Waals surface area contributed by atoms with Gasteiger partial charge in [-0.3, -0.25) is 0 Å². The molecule has 0 saturated carbocycles. The molecule has 98 valence electrons. The van der Waals surface area contributed by atoms with Gasteiger partial charge in [-0.15, -0.1) is 11.3 Å². The molecule has 3 aromatic rings. The van der Waals surface area contributed by atoms with Crippen molar-refractivity contribution in [3.05, 3.63) is 52.0 Å². The van der Waals surface area contributed by atoms with Crippen molar-refractivity contribution in [3.8, 4) is 0 Å². The van der Waals surface area contributed by atoms with Crippen LogP contribution in [0.4, 0.5) is 0 Å². The van der Waals surface area contributed by atoms with Gasteiger partial charge in [-0.25, -0.2) is 4.98 Å². The Morgan fingerprint density at radius 1 is 1.26 bits per heavy atom. The van der Waals surface area contributed by atoms with E-state index in [-0.39, 0.29) is 6.04 Å². The Morgan fingerprint density at radius 2 is 2.11 bits per heavy atom. The van der Waals surface area contributed by atoms with Gasteiger partial charge in [-0.05, 0) is 38.2 Å². The van der Waals surface area contributed by atoms with E-state index in [2.05, 4.69) is 29.4 Å². The Morgan fingerprint density at radius 3 is 2.79 bits per heavy atom. The monoisotopic (exact) mass is 272 g/mol. The zero-order valence-electron chi connectivity index (χ0n) is 11.0. The number of oxazole rings is 1. The van der Waals surface area contributed by atoms with Crippen LogP contribution in [0.25, 0.3) is 11.1 Å². The molecule has 19 heavy (non-hydrogen) atoms. The summed E-state index contributed by atoms with van der Waals surface area (Å²) in [5.41, 5.74) is 1.78. The van der Waals surface area contributed by atoms with Gasteiger partial charge in [0.1, 0.15) is 5.52 Å². The van der Waals surface area contributed by atoms with Gasteiger partial charge >= 0.3 is 0 Å². The Balaban J connectivity index is 1.86. The second kappa shape index (κ2) is 5.15. The van der Waals surface area contributed by atoms with Crippen LogP contribution in [0.2, 0.25) is 0 Å². The molecule has 0 aliphatic heterocycles. The van der Waals surface area contributed by atoms with Gasteiger partial charge in [0.15, 0.2) is 11.5 Å². The van der Waals surface area contributed by atoms with E-state index < -0.39 is 0 Å². The number of aryl methyl sites for hydroxylation is 1. The zero-order chi connectivity index (χ0) is 13.2. The van der Waals surface area contributed by atoms with Crippen LogP contribution in [0.3, 0.4) is 0 Å². The molecule has 1 N–H and O–H groups in total. The average Bonchev–Trinajstić information content (AvgIpc) is 3.01. The SMILES string of the molecule is CNC(Cc1nc2ccccc2o1)c1ccc(C)s1. The Kier molecular flexibility index (Phi) is 3.36. The molecule has 3 rings (SSSR count). The van der Waals surface area contributed by atoms with Crippen molar-refractivity contribution in [1.29, 1.82) is 0 Å². The molecule has 0 saturated heterocycles. The number of hydrogen-bond acceptors (Lipinski definition) is 4. The fourth-order valence-electron chi connectivity index (χ4n) is 2.17. The summed E-state index contributed by atoms with van der Waals surface area (Å²) in [4.78, 5) is 7.18. The molecule has 0 bridgehead atoms. The molecule has 0 fully saturated rings. The van der Waals surface area contributed by atoms with E-state index in [1.807, 2.05) is 42.6 Å². The summed E-state index contributed by atoms with van der Waals surface area (Å²) >= 11 is 1.81. The lowest BCUT2D eigenvalue weighted by atomic mass is 10.2. The van der Waals surface area contributed by atoms with Crippen LogP contribution in [-0.2, 0) is 6.42 Å². The first kappa shape index (κ1) is 12.4. The lowest BCUT2D eigenvalue weighted by molar-refractivity contribution is 0.477. The number of hydrogen-bond donors (Lipinski definition) is 1. The van der Waals surface area contributed by atoms with Crippen molar-refractivity contribution in [2.75, 3.05) is 7.05 Å². The summed E-state index contributed by atoms with van der Waals surface area (Å²) in [5.74, 6) is 0.784. The van der Waals surface area contributed by atoms with Crippen molar-refractivity contribution in [2.24, 2.45) is 0 Å².